The van der Waals surface area contributed by atoms with Crippen molar-refractivity contribution in [3.63, 3.8) is 0 Å². The number of nitrogens with zero attached hydrogens (tertiary/aromatic N) is 2. The first-order chi connectivity index (χ1) is 23.4. The van der Waals surface area contributed by atoms with Gasteiger partial charge in [0.1, 0.15) is 11.4 Å². The van der Waals surface area contributed by atoms with Crippen LogP contribution in [0.5, 0.6) is 5.75 Å². The van der Waals surface area contributed by atoms with Gasteiger partial charge in [-0.3, -0.25) is 0 Å². The predicted molar refractivity (Wildman–Crippen MR) is 198 cm³/mol. The first-order valence-corrected chi connectivity index (χ1v) is 20.0. The van der Waals surface area contributed by atoms with Gasteiger partial charge in [-0.2, -0.15) is 0 Å². The minimum absolute atomic E-state index is 0.0293. The number of carbonyl (C=O) groups excluding carboxylic acids is 1. The molecule has 2 aliphatic rings. The van der Waals surface area contributed by atoms with E-state index in [0.29, 0.717) is 24.4 Å². The van der Waals surface area contributed by atoms with Crippen LogP contribution in [0, 0.1) is 24.7 Å². The van der Waals surface area contributed by atoms with Gasteiger partial charge in [0, 0.05) is 30.6 Å². The van der Waals surface area contributed by atoms with Crippen molar-refractivity contribution >= 4 is 35.8 Å². The fourth-order valence-electron chi connectivity index (χ4n) is 7.49. The molecule has 1 aromatic heterocycles. The monoisotopic (exact) mass is 682 g/mol. The number of aryl methyl sites for hydroxylation is 2. The van der Waals surface area contributed by atoms with Crippen molar-refractivity contribution in [1.82, 2.24) is 10.1 Å². The van der Waals surface area contributed by atoms with Gasteiger partial charge in [0.15, 0.2) is 5.58 Å². The van der Waals surface area contributed by atoms with E-state index < -0.39 is 13.9 Å². The summed E-state index contributed by atoms with van der Waals surface area (Å²) >= 11 is 0. The number of benzene rings is 3. The van der Waals surface area contributed by atoms with E-state index in [1.807, 2.05) is 25.7 Å². The van der Waals surface area contributed by atoms with E-state index in [1.54, 1.807) is 0 Å². The molecule has 7 nitrogen and oxygen atoms in total. The lowest BCUT2D eigenvalue weighted by atomic mass is 9.91. The molecule has 49 heavy (non-hydrogen) atoms. The van der Waals surface area contributed by atoms with Crippen LogP contribution in [-0.4, -0.2) is 56.4 Å². The number of rotatable bonds is 11. The van der Waals surface area contributed by atoms with Crippen LogP contribution in [0.25, 0.3) is 11.0 Å². The molecular weight excluding hydrogens is 629 g/mol. The van der Waals surface area contributed by atoms with Gasteiger partial charge in [-0.1, -0.05) is 86.6 Å². The second kappa shape index (κ2) is 14.3. The summed E-state index contributed by atoms with van der Waals surface area (Å²) in [7, 11) is -2.54. The molecule has 4 aromatic rings. The molecule has 2 unspecified atom stereocenters. The molecule has 0 spiro atoms. The van der Waals surface area contributed by atoms with E-state index in [2.05, 4.69) is 106 Å². The molecule has 3 aromatic carbocycles. The number of piperidine rings is 1. The Balaban J connectivity index is 1.03. The highest BCUT2D eigenvalue weighted by molar-refractivity contribution is 6.99. The zero-order valence-electron chi connectivity index (χ0n) is 30.5. The van der Waals surface area contributed by atoms with E-state index in [0.717, 1.165) is 79.8 Å². The summed E-state index contributed by atoms with van der Waals surface area (Å²) in [5.41, 5.74) is 2.35. The van der Waals surface area contributed by atoms with Crippen molar-refractivity contribution < 1.29 is 23.2 Å². The summed E-state index contributed by atoms with van der Waals surface area (Å²) in [4.78, 5) is 14.3. The second-order valence-corrected chi connectivity index (χ2v) is 20.5. The number of hydrogen-bond acceptors (Lipinski definition) is 6. The molecule has 2 fully saturated rings. The lowest BCUT2D eigenvalue weighted by molar-refractivity contribution is 0.0181. The van der Waals surface area contributed by atoms with Crippen molar-refractivity contribution in [2.75, 3.05) is 26.3 Å². The summed E-state index contributed by atoms with van der Waals surface area (Å²) in [5.74, 6) is 2.38. The van der Waals surface area contributed by atoms with Gasteiger partial charge in [0.25, 0.3) is 8.32 Å². The van der Waals surface area contributed by atoms with E-state index in [9.17, 15) is 4.79 Å². The highest BCUT2D eigenvalue weighted by Crippen LogP contribution is 2.43. The average Bonchev–Trinajstić information content (AvgIpc) is 3.69. The average molecular weight is 683 g/mol. The Kier molecular flexibility index (Phi) is 10.3. The van der Waals surface area contributed by atoms with Gasteiger partial charge in [0.05, 0.1) is 12.3 Å². The van der Waals surface area contributed by atoms with Crippen LogP contribution in [0.3, 0.4) is 0 Å². The topological polar surface area (TPSA) is 74.0 Å². The van der Waals surface area contributed by atoms with Gasteiger partial charge in [0.2, 0.25) is 0 Å². The van der Waals surface area contributed by atoms with Crippen molar-refractivity contribution in [3.8, 4) is 5.75 Å². The van der Waals surface area contributed by atoms with Gasteiger partial charge in [-0.05, 0) is 105 Å². The second-order valence-electron chi connectivity index (χ2n) is 16.2. The smallest absolute Gasteiger partial charge is 0.410 e. The number of hydrogen-bond donors (Lipinski definition) is 0. The van der Waals surface area contributed by atoms with E-state index >= 15 is 0 Å². The third-order valence-corrected chi connectivity index (χ3v) is 15.4. The van der Waals surface area contributed by atoms with Crippen molar-refractivity contribution in [1.29, 1.82) is 0 Å². The minimum Gasteiger partial charge on any atom is -0.493 e. The Hall–Kier alpha value is -3.62. The number of amides is 1. The maximum absolute atomic E-state index is 12.4. The number of fused-ring (bicyclic) bond motifs is 1. The Morgan fingerprint density at radius 1 is 0.878 bits per heavy atom. The predicted octanol–water partition coefficient (Wildman–Crippen LogP) is 8.31. The maximum Gasteiger partial charge on any atom is 0.410 e. The highest BCUT2D eigenvalue weighted by Gasteiger charge is 2.51. The van der Waals surface area contributed by atoms with Crippen LogP contribution in [-0.2, 0) is 15.6 Å². The minimum atomic E-state index is -2.54. The number of carbonyl (C=O) groups is 1. The SMILES string of the molecule is Cc1c(OCC2CC2CO[Si](c2ccccc2)(c2ccccc2)C(C)(C)C)ccc2c(CCC3CCN(C(=O)OC(C)(C)C)CC3)noc12. The molecule has 6 rings (SSSR count). The Morgan fingerprint density at radius 3 is 2.08 bits per heavy atom. The molecule has 2 atom stereocenters. The Bertz CT molecular complexity index is 1660. The van der Waals surface area contributed by atoms with E-state index in [1.165, 1.54) is 10.4 Å². The Morgan fingerprint density at radius 2 is 1.49 bits per heavy atom. The summed E-state index contributed by atoms with van der Waals surface area (Å²) in [6.45, 7) is 17.7. The molecule has 1 saturated heterocycles. The largest absolute Gasteiger partial charge is 0.493 e. The molecule has 1 saturated carbocycles. The van der Waals surface area contributed by atoms with Gasteiger partial charge in [-0.25, -0.2) is 4.79 Å². The van der Waals surface area contributed by atoms with Crippen LogP contribution in [0.15, 0.2) is 77.3 Å². The molecule has 1 aliphatic heterocycles. The van der Waals surface area contributed by atoms with Crippen molar-refractivity contribution in [2.45, 2.75) is 91.2 Å². The normalized spacial score (nSPS) is 18.9. The zero-order valence-corrected chi connectivity index (χ0v) is 31.5. The molecule has 262 valence electrons. The number of ether oxygens (including phenoxy) is 2. The summed E-state index contributed by atoms with van der Waals surface area (Å²) in [5, 5.41) is 8.15. The third-order valence-electron chi connectivity index (χ3n) is 10.4. The van der Waals surface area contributed by atoms with Gasteiger partial charge >= 0.3 is 6.09 Å². The molecule has 1 amide bonds. The molecule has 0 radical (unpaired) electrons. The summed E-state index contributed by atoms with van der Waals surface area (Å²) in [6, 6.07) is 25.9. The zero-order chi connectivity index (χ0) is 34.8. The van der Waals surface area contributed by atoms with Gasteiger partial charge < -0.3 is 23.3 Å². The maximum atomic E-state index is 12.4. The quantitative estimate of drug-likeness (QED) is 0.148. The lowest BCUT2D eigenvalue weighted by Gasteiger charge is -2.43. The van der Waals surface area contributed by atoms with Crippen LogP contribution >= 0.6 is 0 Å². The summed E-state index contributed by atoms with van der Waals surface area (Å²) in [6.07, 6.45) is 4.76. The molecule has 1 aliphatic carbocycles. The fraction of sp³-hybridized carbons (Fsp3) is 0.512. The Labute approximate surface area is 293 Å². The molecule has 0 N–H and O–H groups in total. The summed E-state index contributed by atoms with van der Waals surface area (Å²) < 4.78 is 25.0. The van der Waals surface area contributed by atoms with E-state index in [-0.39, 0.29) is 11.1 Å². The fourth-order valence-corrected chi connectivity index (χ4v) is 12.1. The highest BCUT2D eigenvalue weighted by atomic mass is 28.4. The van der Waals surface area contributed by atoms with Crippen LogP contribution in [0.1, 0.15) is 78.5 Å². The van der Waals surface area contributed by atoms with Crippen molar-refractivity contribution in [3.05, 3.63) is 84.1 Å². The van der Waals surface area contributed by atoms with Crippen molar-refractivity contribution in [2.24, 2.45) is 17.8 Å². The van der Waals surface area contributed by atoms with Crippen LogP contribution in [0.4, 0.5) is 4.79 Å². The molecule has 2 heterocycles. The van der Waals surface area contributed by atoms with Crippen LogP contribution < -0.4 is 15.1 Å². The molecular formula is C41H54N2O5Si. The first-order valence-electron chi connectivity index (χ1n) is 18.1. The van der Waals surface area contributed by atoms with Gasteiger partial charge in [-0.15, -0.1) is 0 Å². The number of aromatic nitrogens is 1. The molecule has 0 bridgehead atoms. The third kappa shape index (κ3) is 7.91. The lowest BCUT2D eigenvalue weighted by Crippen LogP contribution is -2.66. The van der Waals surface area contributed by atoms with Crippen LogP contribution in [0.2, 0.25) is 5.04 Å². The number of likely N-dealkylation sites (tertiary alicyclic amines) is 1. The standard InChI is InChI=1S/C41H54N2O5Si/c1-29-37(21-19-35-36(42-48-38(29)35)20-18-30-22-24-43(25-23-30)39(44)47-40(2,3)4)45-27-31-26-32(31)28-46-49(41(5,6)7,33-14-10-8-11-15-33)34-16-12-9-13-17-34/h8-17,19,21,30-32H,18,20,22-28H2,1-7H3. The van der Waals surface area contributed by atoms with E-state index in [4.69, 9.17) is 18.4 Å². The first kappa shape index (κ1) is 35.2. The molecule has 8 heteroatoms.